The molecule has 2 N–H and O–H groups in total. The number of aromatic carboxylic acids is 1. The van der Waals surface area contributed by atoms with Crippen LogP contribution in [0.25, 0.3) is 0 Å². The van der Waals surface area contributed by atoms with E-state index in [2.05, 4.69) is 11.6 Å². The van der Waals surface area contributed by atoms with E-state index >= 15 is 0 Å². The molecule has 0 amide bonds. The number of nitro benzene ring substituents is 1. The van der Waals surface area contributed by atoms with E-state index < -0.39 is 10.9 Å². The molecule has 0 aliphatic heterocycles. The maximum atomic E-state index is 10.9. The maximum absolute atomic E-state index is 10.9. The first-order valence-electron chi connectivity index (χ1n) is 6.30. The normalized spacial score (nSPS) is 10.2. The van der Waals surface area contributed by atoms with Crippen LogP contribution in [0.1, 0.15) is 29.6 Å². The van der Waals surface area contributed by atoms with Crippen molar-refractivity contribution < 1.29 is 14.8 Å². The van der Waals surface area contributed by atoms with Gasteiger partial charge >= 0.3 is 5.97 Å². The molecular weight excluding hydrogens is 280 g/mol. The number of nitrogens with zero attached hydrogens (tertiary/aromatic N) is 1. The summed E-state index contributed by atoms with van der Waals surface area (Å²) in [6, 6.07) is 4.08. The number of nitro groups is 1. The molecule has 110 valence electrons. The number of thioether (sulfide) groups is 1. The molecule has 0 aliphatic rings. The van der Waals surface area contributed by atoms with Crippen LogP contribution < -0.4 is 5.32 Å². The molecule has 0 unspecified atom stereocenters. The second-order valence-electron chi connectivity index (χ2n) is 4.27. The average molecular weight is 298 g/mol. The first kappa shape index (κ1) is 16.3. The third-order valence-corrected chi connectivity index (χ3v) is 3.48. The molecule has 0 radical (unpaired) electrons. The Morgan fingerprint density at radius 3 is 2.75 bits per heavy atom. The molecule has 0 heterocycles. The van der Waals surface area contributed by atoms with E-state index in [9.17, 15) is 14.9 Å². The van der Waals surface area contributed by atoms with E-state index in [1.54, 1.807) is 6.07 Å². The van der Waals surface area contributed by atoms with Crippen LogP contribution in [0.5, 0.6) is 0 Å². The van der Waals surface area contributed by atoms with Gasteiger partial charge < -0.3 is 10.4 Å². The van der Waals surface area contributed by atoms with Gasteiger partial charge in [0.15, 0.2) is 0 Å². The zero-order valence-electron chi connectivity index (χ0n) is 11.3. The number of nitrogens with one attached hydrogen (secondary N) is 1. The minimum Gasteiger partial charge on any atom is -0.477 e. The van der Waals surface area contributed by atoms with Gasteiger partial charge in [0.25, 0.3) is 5.69 Å². The lowest BCUT2D eigenvalue weighted by Crippen LogP contribution is -2.06. The number of anilines is 1. The second-order valence-corrected chi connectivity index (χ2v) is 5.26. The highest BCUT2D eigenvalue weighted by Gasteiger charge is 2.19. The molecule has 7 heteroatoms. The Morgan fingerprint density at radius 2 is 2.15 bits per heavy atom. The molecule has 1 aromatic carbocycles. The van der Waals surface area contributed by atoms with E-state index in [4.69, 9.17) is 5.11 Å². The number of hydrogen-bond acceptors (Lipinski definition) is 5. The summed E-state index contributed by atoms with van der Waals surface area (Å²) < 4.78 is 0. The van der Waals surface area contributed by atoms with Gasteiger partial charge in [-0.1, -0.05) is 6.42 Å². The molecule has 0 aliphatic carbocycles. The molecule has 0 spiro atoms. The van der Waals surface area contributed by atoms with Gasteiger partial charge in [0.2, 0.25) is 0 Å². The molecule has 0 aromatic heterocycles. The summed E-state index contributed by atoms with van der Waals surface area (Å²) in [5.41, 5.74) is -0.100. The van der Waals surface area contributed by atoms with Crippen molar-refractivity contribution in [3.8, 4) is 0 Å². The monoisotopic (exact) mass is 298 g/mol. The van der Waals surface area contributed by atoms with Crippen molar-refractivity contribution in [3.63, 3.8) is 0 Å². The Kier molecular flexibility index (Phi) is 6.86. The second kappa shape index (κ2) is 8.42. The zero-order valence-corrected chi connectivity index (χ0v) is 12.1. The molecular formula is C13H18N2O4S. The minimum atomic E-state index is -1.29. The summed E-state index contributed by atoms with van der Waals surface area (Å²) in [4.78, 5) is 21.0. The predicted octanol–water partition coefficient (Wildman–Crippen LogP) is 3.24. The summed E-state index contributed by atoms with van der Waals surface area (Å²) in [6.07, 6.45) is 5.31. The first-order valence-corrected chi connectivity index (χ1v) is 7.70. The molecule has 20 heavy (non-hydrogen) atoms. The van der Waals surface area contributed by atoms with Crippen molar-refractivity contribution in [2.75, 3.05) is 23.9 Å². The Balaban J connectivity index is 2.57. The lowest BCUT2D eigenvalue weighted by Gasteiger charge is -2.07. The maximum Gasteiger partial charge on any atom is 0.342 e. The highest BCUT2D eigenvalue weighted by molar-refractivity contribution is 7.98. The molecule has 0 fully saturated rings. The van der Waals surface area contributed by atoms with E-state index in [1.807, 2.05) is 11.8 Å². The van der Waals surface area contributed by atoms with Crippen molar-refractivity contribution in [2.24, 2.45) is 0 Å². The number of carbonyl (C=O) groups is 1. The molecule has 0 atom stereocenters. The van der Waals surface area contributed by atoms with Crippen LogP contribution in [0.3, 0.4) is 0 Å². The van der Waals surface area contributed by atoms with Crippen LogP contribution in [0.15, 0.2) is 18.2 Å². The van der Waals surface area contributed by atoms with Crippen molar-refractivity contribution in [1.29, 1.82) is 0 Å². The van der Waals surface area contributed by atoms with Crippen LogP contribution >= 0.6 is 11.8 Å². The molecule has 0 saturated carbocycles. The van der Waals surface area contributed by atoms with Crippen LogP contribution in [0.2, 0.25) is 0 Å². The highest BCUT2D eigenvalue weighted by Crippen LogP contribution is 2.23. The van der Waals surface area contributed by atoms with E-state index in [0.717, 1.165) is 31.6 Å². The van der Waals surface area contributed by atoms with Crippen molar-refractivity contribution in [1.82, 2.24) is 0 Å². The fourth-order valence-corrected chi connectivity index (χ4v) is 2.25. The van der Waals surface area contributed by atoms with Gasteiger partial charge in [-0.25, -0.2) is 4.79 Å². The Hall–Kier alpha value is -1.76. The largest absolute Gasteiger partial charge is 0.477 e. The van der Waals surface area contributed by atoms with Gasteiger partial charge in [0.05, 0.1) is 4.92 Å². The number of carboxylic acid groups (broad SMARTS) is 1. The first-order chi connectivity index (χ1) is 9.56. The molecule has 1 aromatic rings. The third-order valence-electron chi connectivity index (χ3n) is 2.78. The van der Waals surface area contributed by atoms with Gasteiger partial charge in [-0.05, 0) is 37.0 Å². The van der Waals surface area contributed by atoms with E-state index in [0.29, 0.717) is 5.69 Å². The average Bonchev–Trinajstić information content (AvgIpc) is 2.42. The Labute approximate surface area is 121 Å². The summed E-state index contributed by atoms with van der Waals surface area (Å²) in [7, 11) is 0. The summed E-state index contributed by atoms with van der Waals surface area (Å²) in [5.74, 6) is -0.154. The van der Waals surface area contributed by atoms with E-state index in [1.165, 1.54) is 12.1 Å². The fourth-order valence-electron chi connectivity index (χ4n) is 1.75. The van der Waals surface area contributed by atoms with Gasteiger partial charge in [0, 0.05) is 18.3 Å². The molecule has 0 bridgehead atoms. The smallest absolute Gasteiger partial charge is 0.342 e. The zero-order chi connectivity index (χ0) is 15.0. The van der Waals surface area contributed by atoms with Gasteiger partial charge in [-0.15, -0.1) is 0 Å². The van der Waals surface area contributed by atoms with Crippen LogP contribution in [0.4, 0.5) is 11.4 Å². The van der Waals surface area contributed by atoms with Crippen molar-refractivity contribution in [2.45, 2.75) is 19.3 Å². The van der Waals surface area contributed by atoms with E-state index in [-0.39, 0.29) is 11.3 Å². The number of rotatable bonds is 9. The summed E-state index contributed by atoms with van der Waals surface area (Å²) in [5, 5.41) is 22.8. The molecule has 1 rings (SSSR count). The van der Waals surface area contributed by atoms with Crippen LogP contribution in [0, 0.1) is 10.1 Å². The summed E-state index contributed by atoms with van der Waals surface area (Å²) in [6.45, 7) is 0.720. The van der Waals surface area contributed by atoms with Gasteiger partial charge in [-0.2, -0.15) is 11.8 Å². The van der Waals surface area contributed by atoms with Gasteiger partial charge in [0.1, 0.15) is 5.56 Å². The van der Waals surface area contributed by atoms with Crippen LogP contribution in [-0.4, -0.2) is 34.6 Å². The number of carboxylic acids is 1. The van der Waals surface area contributed by atoms with Crippen molar-refractivity contribution >= 4 is 29.1 Å². The topological polar surface area (TPSA) is 92.5 Å². The van der Waals surface area contributed by atoms with Crippen LogP contribution in [-0.2, 0) is 0 Å². The molecule has 0 saturated heterocycles. The summed E-state index contributed by atoms with van der Waals surface area (Å²) >= 11 is 1.81. The number of benzene rings is 1. The Morgan fingerprint density at radius 1 is 1.40 bits per heavy atom. The fraction of sp³-hybridized carbons (Fsp3) is 0.462. The standard InChI is InChI=1S/C13H18N2O4S/c1-20-8-4-2-3-7-14-10-5-6-11(13(16)17)12(9-10)15(18)19/h5-6,9,14H,2-4,7-8H2,1H3,(H,16,17). The lowest BCUT2D eigenvalue weighted by molar-refractivity contribution is -0.385. The number of unbranched alkanes of at least 4 members (excludes halogenated alkanes) is 2. The third kappa shape index (κ3) is 5.08. The van der Waals surface area contributed by atoms with Crippen molar-refractivity contribution in [3.05, 3.63) is 33.9 Å². The minimum absolute atomic E-state index is 0.291. The molecule has 6 nitrogen and oxygen atoms in total. The number of hydrogen-bond donors (Lipinski definition) is 2. The Bertz CT molecular complexity index is 479. The highest BCUT2D eigenvalue weighted by atomic mass is 32.2. The quantitative estimate of drug-likeness (QED) is 0.413. The SMILES string of the molecule is CSCCCCCNc1ccc(C(=O)O)c([N+](=O)[O-])c1. The van der Waals surface area contributed by atoms with Gasteiger partial charge in [-0.3, -0.25) is 10.1 Å². The lowest BCUT2D eigenvalue weighted by atomic mass is 10.1. The predicted molar refractivity (Wildman–Crippen MR) is 80.8 cm³/mol.